The minimum absolute atomic E-state index is 0.00372. The van der Waals surface area contributed by atoms with Crippen molar-refractivity contribution in [2.75, 3.05) is 6.61 Å². The summed E-state index contributed by atoms with van der Waals surface area (Å²) in [4.78, 5) is 11.6. The second kappa shape index (κ2) is 6.41. The SMILES string of the molecule is CCC(C)C(=O)COc1ccc(Br)cc1C#N. The van der Waals surface area contributed by atoms with Gasteiger partial charge in [-0.05, 0) is 24.6 Å². The Labute approximate surface area is 110 Å². The molecule has 0 fully saturated rings. The zero-order valence-corrected chi connectivity index (χ0v) is 11.5. The number of benzene rings is 1. The van der Waals surface area contributed by atoms with Gasteiger partial charge < -0.3 is 4.74 Å². The van der Waals surface area contributed by atoms with Crippen molar-refractivity contribution in [3.63, 3.8) is 0 Å². The zero-order valence-electron chi connectivity index (χ0n) is 9.87. The van der Waals surface area contributed by atoms with Gasteiger partial charge in [0, 0.05) is 10.4 Å². The number of carbonyl (C=O) groups excluding carboxylic acids is 1. The normalized spacial score (nSPS) is 11.6. The van der Waals surface area contributed by atoms with Crippen molar-refractivity contribution in [2.45, 2.75) is 20.3 Å². The molecule has 0 heterocycles. The number of hydrogen-bond donors (Lipinski definition) is 0. The number of hydrogen-bond acceptors (Lipinski definition) is 3. The van der Waals surface area contributed by atoms with E-state index in [0.717, 1.165) is 10.9 Å². The second-order valence-electron chi connectivity index (χ2n) is 3.82. The Morgan fingerprint density at radius 1 is 1.59 bits per heavy atom. The Balaban J connectivity index is 2.70. The molecule has 1 aromatic carbocycles. The smallest absolute Gasteiger partial charge is 0.172 e. The third-order valence-electron chi connectivity index (χ3n) is 2.59. The molecule has 0 radical (unpaired) electrons. The molecule has 0 aliphatic heterocycles. The molecular weight excluding hydrogens is 282 g/mol. The van der Waals surface area contributed by atoms with Crippen LogP contribution in [0.4, 0.5) is 0 Å². The largest absolute Gasteiger partial charge is 0.484 e. The molecule has 0 spiro atoms. The van der Waals surface area contributed by atoms with Crippen LogP contribution in [-0.2, 0) is 4.79 Å². The molecule has 0 N–H and O–H groups in total. The molecule has 3 nitrogen and oxygen atoms in total. The van der Waals surface area contributed by atoms with E-state index in [1.807, 2.05) is 19.9 Å². The van der Waals surface area contributed by atoms with E-state index in [1.54, 1.807) is 18.2 Å². The fraction of sp³-hybridized carbons (Fsp3) is 0.385. The van der Waals surface area contributed by atoms with E-state index in [0.29, 0.717) is 11.3 Å². The first-order chi connectivity index (χ1) is 8.08. The maximum atomic E-state index is 11.6. The Hall–Kier alpha value is -1.34. The minimum Gasteiger partial charge on any atom is -0.484 e. The van der Waals surface area contributed by atoms with Crippen LogP contribution in [0, 0.1) is 17.2 Å². The Bertz CT molecular complexity index is 451. The number of carbonyl (C=O) groups is 1. The van der Waals surface area contributed by atoms with Crippen molar-refractivity contribution in [3.05, 3.63) is 28.2 Å². The quantitative estimate of drug-likeness (QED) is 0.837. The highest BCUT2D eigenvalue weighted by Gasteiger charge is 2.12. The molecule has 17 heavy (non-hydrogen) atoms. The summed E-state index contributed by atoms with van der Waals surface area (Å²) in [6, 6.07) is 7.18. The zero-order chi connectivity index (χ0) is 12.8. The maximum Gasteiger partial charge on any atom is 0.172 e. The van der Waals surface area contributed by atoms with Crippen molar-refractivity contribution in [1.82, 2.24) is 0 Å². The summed E-state index contributed by atoms with van der Waals surface area (Å²) in [6.45, 7) is 3.85. The fourth-order valence-electron chi connectivity index (χ4n) is 1.23. The van der Waals surface area contributed by atoms with Gasteiger partial charge in [0.1, 0.15) is 18.4 Å². The summed E-state index contributed by atoms with van der Waals surface area (Å²) in [6.07, 6.45) is 0.799. The van der Waals surface area contributed by atoms with E-state index >= 15 is 0 Å². The van der Waals surface area contributed by atoms with Gasteiger partial charge >= 0.3 is 0 Å². The molecule has 0 bridgehead atoms. The molecule has 0 saturated carbocycles. The van der Waals surface area contributed by atoms with Crippen LogP contribution in [0.15, 0.2) is 22.7 Å². The predicted molar refractivity (Wildman–Crippen MR) is 68.8 cm³/mol. The van der Waals surface area contributed by atoms with Crippen LogP contribution < -0.4 is 4.74 Å². The highest BCUT2D eigenvalue weighted by atomic mass is 79.9. The number of nitrogens with zero attached hydrogens (tertiary/aromatic N) is 1. The standard InChI is InChI=1S/C13H14BrNO2/c1-3-9(2)12(16)8-17-13-5-4-11(14)6-10(13)7-15/h4-6,9H,3,8H2,1-2H3. The second-order valence-corrected chi connectivity index (χ2v) is 4.73. The van der Waals surface area contributed by atoms with Crippen molar-refractivity contribution in [3.8, 4) is 11.8 Å². The minimum atomic E-state index is -0.00372. The van der Waals surface area contributed by atoms with Crippen LogP contribution in [0.5, 0.6) is 5.75 Å². The molecule has 4 heteroatoms. The van der Waals surface area contributed by atoms with Crippen molar-refractivity contribution >= 4 is 21.7 Å². The van der Waals surface area contributed by atoms with Gasteiger partial charge in [-0.1, -0.05) is 29.8 Å². The molecular formula is C13H14BrNO2. The Morgan fingerprint density at radius 3 is 2.88 bits per heavy atom. The molecule has 0 aliphatic carbocycles. The average Bonchev–Trinajstić information content (AvgIpc) is 2.35. The van der Waals surface area contributed by atoms with Gasteiger partial charge in [-0.2, -0.15) is 5.26 Å². The van der Waals surface area contributed by atoms with Crippen LogP contribution >= 0.6 is 15.9 Å². The molecule has 0 amide bonds. The summed E-state index contributed by atoms with van der Waals surface area (Å²) >= 11 is 3.28. The summed E-state index contributed by atoms with van der Waals surface area (Å²) in [5.74, 6) is 0.502. The lowest BCUT2D eigenvalue weighted by molar-refractivity contribution is -0.124. The van der Waals surface area contributed by atoms with Crippen molar-refractivity contribution in [2.24, 2.45) is 5.92 Å². The summed E-state index contributed by atoms with van der Waals surface area (Å²) in [5.41, 5.74) is 0.427. The van der Waals surface area contributed by atoms with Gasteiger partial charge in [0.25, 0.3) is 0 Å². The molecule has 1 unspecified atom stereocenters. The van der Waals surface area contributed by atoms with E-state index in [1.165, 1.54) is 0 Å². The van der Waals surface area contributed by atoms with Gasteiger partial charge in [0.15, 0.2) is 5.78 Å². The number of nitriles is 1. The van der Waals surface area contributed by atoms with Gasteiger partial charge in [0.05, 0.1) is 5.56 Å². The van der Waals surface area contributed by atoms with E-state index in [-0.39, 0.29) is 18.3 Å². The third-order valence-corrected chi connectivity index (χ3v) is 3.09. The molecule has 0 aromatic heterocycles. The Kier molecular flexibility index (Phi) is 5.17. The van der Waals surface area contributed by atoms with Crippen molar-refractivity contribution < 1.29 is 9.53 Å². The number of Topliss-reactive ketones (excluding diaryl/α,β-unsaturated/α-hetero) is 1. The average molecular weight is 296 g/mol. The number of ether oxygens (including phenoxy) is 1. The molecule has 1 rings (SSSR count). The molecule has 1 aromatic rings. The summed E-state index contributed by atoms with van der Waals surface area (Å²) < 4.78 is 6.19. The van der Waals surface area contributed by atoms with E-state index in [2.05, 4.69) is 15.9 Å². The van der Waals surface area contributed by atoms with Crippen molar-refractivity contribution in [1.29, 1.82) is 5.26 Å². The van der Waals surface area contributed by atoms with Crippen LogP contribution in [0.25, 0.3) is 0 Å². The summed E-state index contributed by atoms with van der Waals surface area (Å²) in [5, 5.41) is 8.93. The molecule has 1 atom stereocenters. The number of ketones is 1. The fourth-order valence-corrected chi connectivity index (χ4v) is 1.60. The highest BCUT2D eigenvalue weighted by molar-refractivity contribution is 9.10. The topological polar surface area (TPSA) is 50.1 Å². The van der Waals surface area contributed by atoms with Crippen LogP contribution in [-0.4, -0.2) is 12.4 Å². The lowest BCUT2D eigenvalue weighted by Crippen LogP contribution is -2.18. The van der Waals surface area contributed by atoms with E-state index < -0.39 is 0 Å². The Morgan fingerprint density at radius 2 is 2.29 bits per heavy atom. The van der Waals surface area contributed by atoms with Gasteiger partial charge in [-0.15, -0.1) is 0 Å². The van der Waals surface area contributed by atoms with Crippen LogP contribution in [0.2, 0.25) is 0 Å². The van der Waals surface area contributed by atoms with Gasteiger partial charge in [0.2, 0.25) is 0 Å². The van der Waals surface area contributed by atoms with E-state index in [9.17, 15) is 4.79 Å². The first-order valence-corrected chi connectivity index (χ1v) is 6.23. The van der Waals surface area contributed by atoms with Crippen LogP contribution in [0.1, 0.15) is 25.8 Å². The highest BCUT2D eigenvalue weighted by Crippen LogP contribution is 2.22. The molecule has 90 valence electrons. The number of halogens is 1. The van der Waals surface area contributed by atoms with E-state index in [4.69, 9.17) is 10.00 Å². The lowest BCUT2D eigenvalue weighted by Gasteiger charge is -2.10. The molecule has 0 saturated heterocycles. The lowest BCUT2D eigenvalue weighted by atomic mass is 10.0. The predicted octanol–water partition coefficient (Wildman–Crippen LogP) is 3.31. The monoisotopic (exact) mass is 295 g/mol. The number of rotatable bonds is 5. The van der Waals surface area contributed by atoms with Gasteiger partial charge in [-0.25, -0.2) is 0 Å². The first-order valence-electron chi connectivity index (χ1n) is 5.43. The summed E-state index contributed by atoms with van der Waals surface area (Å²) in [7, 11) is 0. The van der Waals surface area contributed by atoms with Gasteiger partial charge in [-0.3, -0.25) is 4.79 Å². The third kappa shape index (κ3) is 3.86. The van der Waals surface area contributed by atoms with Crippen LogP contribution in [0.3, 0.4) is 0 Å². The molecule has 0 aliphatic rings. The first kappa shape index (κ1) is 13.7. The maximum absolute atomic E-state index is 11.6.